The minimum atomic E-state index is -2.55. The summed E-state index contributed by atoms with van der Waals surface area (Å²) < 4.78 is 42.7. The van der Waals surface area contributed by atoms with Gasteiger partial charge in [0.2, 0.25) is 17.9 Å². The van der Waals surface area contributed by atoms with E-state index >= 15 is 9.59 Å². The molecule has 0 radical (unpaired) electrons. The number of rotatable bonds is 26. The highest BCUT2D eigenvalue weighted by Crippen LogP contribution is 2.64. The molecular formula is C72H92Cl2N6O19. The summed E-state index contributed by atoms with van der Waals surface area (Å²) in [5, 5.41) is 37.8. The van der Waals surface area contributed by atoms with Crippen molar-refractivity contribution in [3.8, 4) is 0 Å². The SMILES string of the molecule is CC(=O)O[C@H]1C(=O)[C@@]2(C)[C@H]([C@H](OC(=O)c3ccccc3)[C@]3(O)C[C@H](OC(=O)[C@H](OC(=O)OCc4ccc(NC(=O)[C@H](CCCC[NH3+])NC(=O)[C@H](CC(C)C)NC(=O)[C@H]([NH3+])C(C)C)cc4)[C@@H](NC(=O)c4ccccc4)c4ccccc4)C(C)=C1C3(C)C)[C@]1(OC(C)=O)CO[C@@H]1C[C@@H]2O.[Cl-].[Cl-]. The van der Waals surface area contributed by atoms with Gasteiger partial charge in [-0.15, -0.1) is 0 Å². The fourth-order valence-corrected chi connectivity index (χ4v) is 13.8. The van der Waals surface area contributed by atoms with Crippen molar-refractivity contribution in [1.29, 1.82) is 0 Å². The predicted octanol–water partition coefficient (Wildman–Crippen LogP) is -1.26. The molecule has 4 amide bonds. The molecule has 0 unspecified atom stereocenters. The lowest BCUT2D eigenvalue weighted by Gasteiger charge is -2.67. The second-order valence-corrected chi connectivity index (χ2v) is 27.1. The molecule has 3 aliphatic carbocycles. The quantitative estimate of drug-likeness (QED) is 0.0157. The van der Waals surface area contributed by atoms with Crippen LogP contribution in [0.2, 0.25) is 0 Å². The first kappa shape index (κ1) is 79.7. The van der Waals surface area contributed by atoms with Gasteiger partial charge < -0.3 is 101 Å². The third-order valence-corrected chi connectivity index (χ3v) is 19.4. The Balaban J connectivity index is 0.00000773. The van der Waals surface area contributed by atoms with Crippen molar-refractivity contribution in [3.63, 3.8) is 0 Å². The first-order valence-electron chi connectivity index (χ1n) is 32.9. The average Bonchev–Trinajstić information content (AvgIpc) is 0.669. The van der Waals surface area contributed by atoms with Gasteiger partial charge in [0.25, 0.3) is 11.8 Å². The molecule has 4 aliphatic rings. The summed E-state index contributed by atoms with van der Waals surface area (Å²) in [6, 6.07) is 25.8. The second-order valence-electron chi connectivity index (χ2n) is 27.1. The zero-order chi connectivity index (χ0) is 70.9. The molecule has 8 rings (SSSR count). The Hall–Kier alpha value is -8.30. The lowest BCUT2D eigenvalue weighted by molar-refractivity contribution is -0.414. The molecule has 12 N–H and O–H groups in total. The number of benzene rings is 4. The van der Waals surface area contributed by atoms with Crippen LogP contribution in [0.4, 0.5) is 10.5 Å². The third kappa shape index (κ3) is 17.5. The smallest absolute Gasteiger partial charge is 0.509 e. The van der Waals surface area contributed by atoms with E-state index in [-0.39, 0.29) is 89.8 Å². The highest BCUT2D eigenvalue weighted by Gasteiger charge is 2.78. The van der Waals surface area contributed by atoms with Gasteiger partial charge in [-0.25, -0.2) is 14.4 Å². The number of unbranched alkanes of at least 4 members (excludes halogenated alkanes) is 1. The van der Waals surface area contributed by atoms with Gasteiger partial charge in [0.15, 0.2) is 23.5 Å². The van der Waals surface area contributed by atoms with E-state index < -0.39 is 155 Å². The number of hydrogen-bond acceptors (Lipinski definition) is 19. The van der Waals surface area contributed by atoms with E-state index in [1.54, 1.807) is 78.9 Å². The Morgan fingerprint density at radius 3 is 1.88 bits per heavy atom. The highest BCUT2D eigenvalue weighted by molar-refractivity contribution is 5.99. The van der Waals surface area contributed by atoms with Crippen LogP contribution in [0.3, 0.4) is 0 Å². The Morgan fingerprint density at radius 2 is 1.32 bits per heavy atom. The number of Topliss-reactive ketones (excluding diaryl/α,β-unsaturated/α-hetero) is 1. The van der Waals surface area contributed by atoms with Crippen LogP contribution >= 0.6 is 0 Å². The molecule has 4 aromatic rings. The number of nitrogens with one attached hydrogen (secondary N) is 4. The Morgan fingerprint density at radius 1 is 0.727 bits per heavy atom. The molecule has 0 aromatic heterocycles. The maximum Gasteiger partial charge on any atom is 0.509 e. The zero-order valence-corrected chi connectivity index (χ0v) is 58.9. The van der Waals surface area contributed by atoms with E-state index in [1.165, 1.54) is 64.1 Å². The fourth-order valence-electron chi connectivity index (χ4n) is 13.8. The standard InChI is InChI=1S/C72H90N6O19.2ClH/c1-39(2)34-50(77-65(86)55(74)40(3)4)64(85)76-49(28-20-21-33-73)63(84)75-48-31-29-44(30-32-48)37-91-68(89)95-58(56(45-22-14-11-15-23-45)78-62(83)46-24-16-12-17-25-46)67(88)94-51-36-72(90)61(96-66(87)47-26-18-13-19-27-47)59-70(10,52(81)35-53-71(59,38-92-53)97-43(7)80)60(82)57(93-42(6)79)54(41(51)5)69(72,8)9;;/h11-19,22-27,29-32,39-40,49-53,55-59,61,81,90H,20-21,28,33-38,73-74H2,1-10H3,(H,75,84)(H,76,85)(H,77,86)(H,78,83);2*1H/t49-,50-,51-,52-,53+,55+,56-,57+,58+,59-,61-,70+,71-,72+;;/m0../s1. The fraction of sp³-hybridized carbons (Fsp3) is 0.500. The zero-order valence-electron chi connectivity index (χ0n) is 57.3. The number of anilines is 1. The number of aliphatic hydroxyl groups excluding tert-OH is 1. The number of amides is 4. The second kappa shape index (κ2) is 33.7. The number of carbonyl (C=O) groups excluding carboxylic acids is 10. The molecule has 1 aliphatic heterocycles. The van der Waals surface area contributed by atoms with Crippen molar-refractivity contribution in [1.82, 2.24) is 16.0 Å². The molecule has 2 bridgehead atoms. The maximum atomic E-state index is 15.9. The Kier molecular flexibility index (Phi) is 27.1. The molecule has 4 aromatic carbocycles. The number of ketones is 1. The Bertz CT molecular complexity index is 3580. The van der Waals surface area contributed by atoms with E-state index in [1.807, 2.05) is 27.7 Å². The molecular weight excluding hydrogens is 1320 g/mol. The molecule has 1 heterocycles. The van der Waals surface area contributed by atoms with Gasteiger partial charge in [-0.05, 0) is 104 Å². The number of halogens is 2. The number of hydrogen-bond donors (Lipinski definition) is 8. The van der Waals surface area contributed by atoms with Gasteiger partial charge in [0.1, 0.15) is 48.6 Å². The Labute approximate surface area is 588 Å². The summed E-state index contributed by atoms with van der Waals surface area (Å²) in [4.78, 5) is 142. The average molecular weight is 1420 g/mol. The van der Waals surface area contributed by atoms with Crippen molar-refractivity contribution in [2.24, 2.45) is 28.6 Å². The van der Waals surface area contributed by atoms with Gasteiger partial charge in [-0.3, -0.25) is 33.6 Å². The monoisotopic (exact) mass is 1410 g/mol. The van der Waals surface area contributed by atoms with E-state index in [4.69, 9.17) is 33.2 Å². The summed E-state index contributed by atoms with van der Waals surface area (Å²) in [6.45, 7) is 15.4. The van der Waals surface area contributed by atoms with E-state index in [2.05, 4.69) is 32.7 Å². The van der Waals surface area contributed by atoms with Gasteiger partial charge in [0, 0.05) is 49.3 Å². The van der Waals surface area contributed by atoms with Crippen molar-refractivity contribution >= 4 is 65.1 Å². The molecule has 3 fully saturated rings. The molecule has 14 atom stereocenters. The normalized spacial score (nSPS) is 24.9. The number of esters is 4. The summed E-state index contributed by atoms with van der Waals surface area (Å²) in [6.07, 6.45) is -11.1. The molecule has 25 nitrogen and oxygen atoms in total. The lowest BCUT2D eigenvalue weighted by atomic mass is 9.44. The maximum absolute atomic E-state index is 15.9. The summed E-state index contributed by atoms with van der Waals surface area (Å²) in [5.41, 5.74) is 0.500. The number of carbonyl (C=O) groups is 10. The van der Waals surface area contributed by atoms with Crippen molar-refractivity contribution in [2.45, 2.75) is 186 Å². The van der Waals surface area contributed by atoms with Crippen LogP contribution in [0.15, 0.2) is 126 Å². The molecule has 99 heavy (non-hydrogen) atoms. The van der Waals surface area contributed by atoms with E-state index in [0.29, 0.717) is 37.1 Å². The van der Waals surface area contributed by atoms with Crippen LogP contribution in [-0.4, -0.2) is 149 Å². The minimum absolute atomic E-state index is 0. The van der Waals surface area contributed by atoms with Gasteiger partial charge in [-0.2, -0.15) is 0 Å². The first-order chi connectivity index (χ1) is 45.9. The van der Waals surface area contributed by atoms with Crippen LogP contribution in [0, 0.1) is 28.6 Å². The first-order valence-corrected chi connectivity index (χ1v) is 32.9. The topological polar surface area (TPSA) is 379 Å². The summed E-state index contributed by atoms with van der Waals surface area (Å²) in [5.74, 6) is -8.94. The summed E-state index contributed by atoms with van der Waals surface area (Å²) >= 11 is 0. The number of fused-ring (bicyclic) bond motifs is 5. The van der Waals surface area contributed by atoms with Crippen LogP contribution in [-0.2, 0) is 73.3 Å². The van der Waals surface area contributed by atoms with Crippen LogP contribution in [0.25, 0.3) is 0 Å². The molecule has 1 saturated heterocycles. The van der Waals surface area contributed by atoms with E-state index in [9.17, 15) is 48.6 Å². The van der Waals surface area contributed by atoms with Crippen molar-refractivity contribution < 1.29 is 128 Å². The lowest BCUT2D eigenvalue weighted by Crippen LogP contribution is -3.00. The predicted molar refractivity (Wildman–Crippen MR) is 348 cm³/mol. The van der Waals surface area contributed by atoms with E-state index in [0.717, 1.165) is 13.8 Å². The number of ether oxygens (including phenoxy) is 7. The van der Waals surface area contributed by atoms with Crippen LogP contribution < -0.4 is 57.5 Å². The number of quaternary nitrogens is 2. The number of aliphatic hydroxyl groups is 2. The van der Waals surface area contributed by atoms with Crippen LogP contribution in [0.1, 0.15) is 146 Å². The largest absolute Gasteiger partial charge is 1.00 e. The van der Waals surface area contributed by atoms with Gasteiger partial charge in [-0.1, -0.05) is 120 Å². The van der Waals surface area contributed by atoms with Gasteiger partial charge in [0.05, 0.1) is 36.2 Å². The third-order valence-electron chi connectivity index (χ3n) is 19.4. The van der Waals surface area contributed by atoms with Crippen LogP contribution in [0.5, 0.6) is 0 Å². The molecule has 0 spiro atoms. The van der Waals surface area contributed by atoms with Gasteiger partial charge >= 0.3 is 30.0 Å². The van der Waals surface area contributed by atoms with Crippen molar-refractivity contribution in [3.05, 3.63) is 149 Å². The molecule has 538 valence electrons. The highest BCUT2D eigenvalue weighted by atomic mass is 35.5. The molecule has 2 saturated carbocycles. The summed E-state index contributed by atoms with van der Waals surface area (Å²) in [7, 11) is 0. The minimum Gasteiger partial charge on any atom is -1.00 e. The molecule has 27 heteroatoms. The van der Waals surface area contributed by atoms with Crippen molar-refractivity contribution in [2.75, 3.05) is 18.5 Å².